The molecule has 0 fully saturated rings. The van der Waals surface area contributed by atoms with Crippen molar-refractivity contribution in [3.8, 4) is 17.2 Å². The third-order valence-corrected chi connectivity index (χ3v) is 4.13. The summed E-state index contributed by atoms with van der Waals surface area (Å²) in [4.78, 5) is 24.5. The van der Waals surface area contributed by atoms with Gasteiger partial charge in [0.15, 0.2) is 17.6 Å². The molecule has 0 unspecified atom stereocenters. The van der Waals surface area contributed by atoms with Gasteiger partial charge in [0.2, 0.25) is 0 Å². The summed E-state index contributed by atoms with van der Waals surface area (Å²) in [6, 6.07) is 12.0. The van der Waals surface area contributed by atoms with E-state index >= 15 is 0 Å². The second-order valence-corrected chi connectivity index (χ2v) is 6.33. The Kier molecular flexibility index (Phi) is 8.33. The topological polar surface area (TPSA) is 83.1 Å². The normalized spacial score (nSPS) is 11.3. The van der Waals surface area contributed by atoms with E-state index in [1.165, 1.54) is 6.92 Å². The molecule has 7 nitrogen and oxygen atoms in total. The Morgan fingerprint density at radius 2 is 1.69 bits per heavy atom. The highest BCUT2D eigenvalue weighted by Gasteiger charge is 2.19. The van der Waals surface area contributed by atoms with Gasteiger partial charge in [0.1, 0.15) is 5.75 Å². The van der Waals surface area contributed by atoms with Crippen molar-refractivity contribution in [2.24, 2.45) is 0 Å². The third kappa shape index (κ3) is 6.41. The molecule has 0 spiro atoms. The summed E-state index contributed by atoms with van der Waals surface area (Å²) in [5.74, 6) is 0.905. The van der Waals surface area contributed by atoms with E-state index in [1.807, 2.05) is 13.0 Å². The Bertz CT molecular complexity index is 819. The zero-order valence-electron chi connectivity index (χ0n) is 17.2. The predicted molar refractivity (Wildman–Crippen MR) is 108 cm³/mol. The third-order valence-electron chi connectivity index (χ3n) is 4.13. The van der Waals surface area contributed by atoms with Crippen LogP contribution in [0.15, 0.2) is 42.5 Å². The number of benzene rings is 2. The monoisotopic (exact) mass is 401 g/mol. The van der Waals surface area contributed by atoms with Gasteiger partial charge in [-0.1, -0.05) is 13.0 Å². The summed E-state index contributed by atoms with van der Waals surface area (Å²) in [6.45, 7) is 4.43. The van der Waals surface area contributed by atoms with Crippen LogP contribution in [0.2, 0.25) is 0 Å². The molecule has 0 radical (unpaired) electrons. The number of hydrogen-bond donors (Lipinski definition) is 1. The van der Waals surface area contributed by atoms with Crippen LogP contribution in [0.1, 0.15) is 36.2 Å². The molecule has 0 aliphatic heterocycles. The van der Waals surface area contributed by atoms with Gasteiger partial charge in [0.05, 0.1) is 26.4 Å². The standard InChI is InChI=1S/C22H27NO6/c1-5-12-28-18-9-7-17(8-10-18)22(25)29-15(2)21(24)23-14-16-6-11-19(26-3)20(13-16)27-4/h6-11,13,15H,5,12,14H2,1-4H3,(H,23,24)/t15-/m1/s1. The Hall–Kier alpha value is -3.22. The second-order valence-electron chi connectivity index (χ2n) is 6.33. The van der Waals surface area contributed by atoms with Crippen molar-refractivity contribution in [3.63, 3.8) is 0 Å². The number of rotatable bonds is 10. The average Bonchev–Trinajstić information content (AvgIpc) is 2.75. The van der Waals surface area contributed by atoms with E-state index in [0.717, 1.165) is 12.0 Å². The maximum Gasteiger partial charge on any atom is 0.338 e. The van der Waals surface area contributed by atoms with Gasteiger partial charge < -0.3 is 24.3 Å². The van der Waals surface area contributed by atoms with Gasteiger partial charge in [-0.25, -0.2) is 4.79 Å². The predicted octanol–water partition coefficient (Wildman–Crippen LogP) is 3.35. The quantitative estimate of drug-likeness (QED) is 0.615. The molecule has 29 heavy (non-hydrogen) atoms. The van der Waals surface area contributed by atoms with E-state index in [4.69, 9.17) is 18.9 Å². The molecule has 0 aromatic heterocycles. The number of carbonyl (C=O) groups is 2. The number of hydrogen-bond acceptors (Lipinski definition) is 6. The number of carbonyl (C=O) groups excluding carboxylic acids is 2. The van der Waals surface area contributed by atoms with Gasteiger partial charge >= 0.3 is 5.97 Å². The largest absolute Gasteiger partial charge is 0.494 e. The van der Waals surface area contributed by atoms with Crippen molar-refractivity contribution in [1.82, 2.24) is 5.32 Å². The Balaban J connectivity index is 1.87. The van der Waals surface area contributed by atoms with Crippen LogP contribution in [0.4, 0.5) is 0 Å². The SMILES string of the molecule is CCCOc1ccc(C(=O)O[C@H](C)C(=O)NCc2ccc(OC)c(OC)c2)cc1. The van der Waals surface area contributed by atoms with Crippen LogP contribution in [0.25, 0.3) is 0 Å². The molecule has 1 amide bonds. The summed E-state index contributed by atoms with van der Waals surface area (Å²) in [5, 5.41) is 2.74. The molecule has 1 N–H and O–H groups in total. The van der Waals surface area contributed by atoms with Gasteiger partial charge in [-0.15, -0.1) is 0 Å². The Morgan fingerprint density at radius 3 is 2.31 bits per heavy atom. The van der Waals surface area contributed by atoms with Crippen molar-refractivity contribution in [2.75, 3.05) is 20.8 Å². The van der Waals surface area contributed by atoms with Crippen LogP contribution in [-0.2, 0) is 16.1 Å². The minimum atomic E-state index is -0.932. The van der Waals surface area contributed by atoms with Crippen LogP contribution < -0.4 is 19.5 Å². The van der Waals surface area contributed by atoms with E-state index in [9.17, 15) is 9.59 Å². The highest BCUT2D eigenvalue weighted by atomic mass is 16.5. The van der Waals surface area contributed by atoms with Crippen molar-refractivity contribution < 1.29 is 28.5 Å². The summed E-state index contributed by atoms with van der Waals surface area (Å²) in [5.41, 5.74) is 1.19. The van der Waals surface area contributed by atoms with Crippen LogP contribution in [-0.4, -0.2) is 38.8 Å². The van der Waals surface area contributed by atoms with Gasteiger partial charge in [-0.05, 0) is 55.3 Å². The highest BCUT2D eigenvalue weighted by molar-refractivity contribution is 5.92. The molecule has 7 heteroatoms. The fraction of sp³-hybridized carbons (Fsp3) is 0.364. The Labute approximate surface area is 170 Å². The first-order valence-corrected chi connectivity index (χ1v) is 9.41. The first-order chi connectivity index (χ1) is 14.0. The lowest BCUT2D eigenvalue weighted by molar-refractivity contribution is -0.129. The zero-order chi connectivity index (χ0) is 21.2. The minimum absolute atomic E-state index is 0.268. The summed E-state index contributed by atoms with van der Waals surface area (Å²) < 4.78 is 21.2. The smallest absolute Gasteiger partial charge is 0.338 e. The molecular formula is C22H27NO6. The van der Waals surface area contributed by atoms with Crippen molar-refractivity contribution in [3.05, 3.63) is 53.6 Å². The van der Waals surface area contributed by atoms with Crippen molar-refractivity contribution >= 4 is 11.9 Å². The lowest BCUT2D eigenvalue weighted by Gasteiger charge is -2.14. The van der Waals surface area contributed by atoms with E-state index in [1.54, 1.807) is 50.6 Å². The highest BCUT2D eigenvalue weighted by Crippen LogP contribution is 2.27. The van der Waals surface area contributed by atoms with E-state index < -0.39 is 18.0 Å². The van der Waals surface area contributed by atoms with E-state index in [2.05, 4.69) is 5.32 Å². The van der Waals surface area contributed by atoms with Crippen LogP contribution in [0, 0.1) is 0 Å². The van der Waals surface area contributed by atoms with Gasteiger partial charge in [0, 0.05) is 6.54 Å². The van der Waals surface area contributed by atoms with E-state index in [0.29, 0.717) is 29.4 Å². The molecule has 2 rings (SSSR count). The first-order valence-electron chi connectivity index (χ1n) is 9.41. The number of esters is 1. The molecule has 0 heterocycles. The molecule has 0 bridgehead atoms. The maximum atomic E-state index is 12.3. The van der Waals surface area contributed by atoms with Gasteiger partial charge in [-0.3, -0.25) is 4.79 Å². The Morgan fingerprint density at radius 1 is 1.00 bits per heavy atom. The number of ether oxygens (including phenoxy) is 4. The second kappa shape index (κ2) is 10.9. The molecular weight excluding hydrogens is 374 g/mol. The molecule has 2 aromatic carbocycles. The average molecular weight is 401 g/mol. The van der Waals surface area contributed by atoms with Crippen LogP contribution in [0.5, 0.6) is 17.2 Å². The van der Waals surface area contributed by atoms with Crippen molar-refractivity contribution in [2.45, 2.75) is 32.9 Å². The molecule has 0 aliphatic rings. The fourth-order valence-electron chi connectivity index (χ4n) is 2.51. The summed E-state index contributed by atoms with van der Waals surface area (Å²) >= 11 is 0. The van der Waals surface area contributed by atoms with Crippen LogP contribution in [0.3, 0.4) is 0 Å². The molecule has 2 aromatic rings. The summed E-state index contributed by atoms with van der Waals surface area (Å²) in [6.07, 6.45) is -0.0293. The van der Waals surface area contributed by atoms with E-state index in [-0.39, 0.29) is 6.54 Å². The lowest BCUT2D eigenvalue weighted by Crippen LogP contribution is -2.35. The summed E-state index contributed by atoms with van der Waals surface area (Å²) in [7, 11) is 3.10. The number of nitrogens with one attached hydrogen (secondary N) is 1. The first kappa shape index (κ1) is 22.1. The fourth-order valence-corrected chi connectivity index (χ4v) is 2.51. The maximum absolute atomic E-state index is 12.3. The zero-order valence-corrected chi connectivity index (χ0v) is 17.2. The van der Waals surface area contributed by atoms with Gasteiger partial charge in [0.25, 0.3) is 5.91 Å². The van der Waals surface area contributed by atoms with Gasteiger partial charge in [-0.2, -0.15) is 0 Å². The molecule has 0 saturated heterocycles. The van der Waals surface area contributed by atoms with Crippen molar-refractivity contribution in [1.29, 1.82) is 0 Å². The molecule has 0 saturated carbocycles. The lowest BCUT2D eigenvalue weighted by atomic mass is 10.2. The molecule has 0 aliphatic carbocycles. The number of methoxy groups -OCH3 is 2. The molecule has 156 valence electrons. The molecule has 1 atom stereocenters. The minimum Gasteiger partial charge on any atom is -0.494 e. The number of amides is 1. The van der Waals surface area contributed by atoms with Crippen LogP contribution >= 0.6 is 0 Å².